The lowest BCUT2D eigenvalue weighted by molar-refractivity contribution is -0.145. The fourth-order valence-electron chi connectivity index (χ4n) is 3.79. The lowest BCUT2D eigenvalue weighted by Crippen LogP contribution is -2.31. The van der Waals surface area contributed by atoms with Crippen LogP contribution in [0.2, 0.25) is 0 Å². The summed E-state index contributed by atoms with van der Waals surface area (Å²) in [6, 6.07) is 23.3. The molecule has 0 aliphatic carbocycles. The number of hydrogen-bond acceptors (Lipinski definition) is 7. The van der Waals surface area contributed by atoms with Gasteiger partial charge in [0.05, 0.1) is 24.3 Å². The van der Waals surface area contributed by atoms with Gasteiger partial charge in [-0.2, -0.15) is 0 Å². The number of benzene rings is 3. The van der Waals surface area contributed by atoms with E-state index >= 15 is 0 Å². The van der Waals surface area contributed by atoms with Crippen LogP contribution in [0.4, 0.5) is 5.69 Å². The maximum atomic E-state index is 13.5. The van der Waals surface area contributed by atoms with Crippen molar-refractivity contribution in [2.24, 2.45) is 4.99 Å². The predicted molar refractivity (Wildman–Crippen MR) is 151 cm³/mol. The van der Waals surface area contributed by atoms with E-state index in [1.54, 1.807) is 24.0 Å². The van der Waals surface area contributed by atoms with Crippen molar-refractivity contribution >= 4 is 40.6 Å². The van der Waals surface area contributed by atoms with Crippen LogP contribution in [0.25, 0.3) is 6.08 Å². The fourth-order valence-corrected chi connectivity index (χ4v) is 4.81. The van der Waals surface area contributed by atoms with Gasteiger partial charge in [0.2, 0.25) is 0 Å². The van der Waals surface area contributed by atoms with E-state index in [2.05, 4.69) is 12.1 Å². The van der Waals surface area contributed by atoms with Gasteiger partial charge in [0, 0.05) is 6.54 Å². The van der Waals surface area contributed by atoms with Gasteiger partial charge in [-0.3, -0.25) is 9.69 Å². The summed E-state index contributed by atoms with van der Waals surface area (Å²) in [5.74, 6) is 0.316. The summed E-state index contributed by atoms with van der Waals surface area (Å²) >= 11 is 1.35. The number of methoxy groups -OCH3 is 1. The average Bonchev–Trinajstić information content (AvgIpc) is 3.21. The molecular weight excluding hydrogens is 500 g/mol. The molecule has 1 aliphatic rings. The summed E-state index contributed by atoms with van der Waals surface area (Å²) < 4.78 is 15.9. The molecule has 0 radical (unpaired) electrons. The number of carbonyl (C=O) groups is 2. The molecule has 3 aromatic carbocycles. The van der Waals surface area contributed by atoms with Gasteiger partial charge in [-0.15, -0.1) is 0 Å². The van der Waals surface area contributed by atoms with Gasteiger partial charge >= 0.3 is 5.97 Å². The van der Waals surface area contributed by atoms with Crippen molar-refractivity contribution in [3.05, 3.63) is 94.4 Å². The molecule has 38 heavy (non-hydrogen) atoms. The van der Waals surface area contributed by atoms with Gasteiger partial charge in [-0.05, 0) is 73.5 Å². The Hall–Kier alpha value is -4.04. The molecule has 1 amide bonds. The highest BCUT2D eigenvalue weighted by atomic mass is 32.2. The van der Waals surface area contributed by atoms with Crippen molar-refractivity contribution in [1.29, 1.82) is 0 Å². The number of amides is 1. The fraction of sp³-hybridized carbons (Fsp3) is 0.233. The van der Waals surface area contributed by atoms with Gasteiger partial charge in [0.15, 0.2) is 23.3 Å². The summed E-state index contributed by atoms with van der Waals surface area (Å²) in [4.78, 5) is 32.2. The second-order valence-electron chi connectivity index (χ2n) is 8.54. The maximum Gasteiger partial charge on any atom is 0.344 e. The molecule has 4 rings (SSSR count). The Bertz CT molecular complexity index is 1340. The number of aryl methyl sites for hydroxylation is 1. The smallest absolute Gasteiger partial charge is 0.344 e. The maximum absolute atomic E-state index is 13.5. The zero-order valence-corrected chi connectivity index (χ0v) is 22.5. The van der Waals surface area contributed by atoms with Gasteiger partial charge < -0.3 is 14.2 Å². The Morgan fingerprint density at radius 3 is 2.50 bits per heavy atom. The number of carbonyl (C=O) groups excluding carboxylic acids is 2. The van der Waals surface area contributed by atoms with E-state index in [-0.39, 0.29) is 19.1 Å². The third-order valence-electron chi connectivity index (χ3n) is 5.75. The predicted octanol–water partition coefficient (Wildman–Crippen LogP) is 5.79. The van der Waals surface area contributed by atoms with E-state index in [4.69, 9.17) is 19.2 Å². The van der Waals surface area contributed by atoms with Crippen LogP contribution in [-0.4, -0.2) is 48.8 Å². The lowest BCUT2D eigenvalue weighted by atomic mass is 10.1. The standard InChI is InChI=1S/C30H30N2O5S/c1-4-36-28(33)20-37-25-15-12-23(18-26(25)35-3)19-27-29(34)32(17-16-22-8-6-5-7-9-22)30(38-27)31-24-13-10-21(2)11-14-24/h5-15,18-19H,4,16-17,20H2,1-3H3/b27-19+,31-30?. The molecule has 196 valence electrons. The van der Waals surface area contributed by atoms with Gasteiger partial charge in [0.25, 0.3) is 5.91 Å². The first-order valence-corrected chi connectivity index (χ1v) is 13.2. The summed E-state index contributed by atoms with van der Waals surface area (Å²) in [7, 11) is 1.52. The zero-order chi connectivity index (χ0) is 26.9. The average molecular weight is 531 g/mol. The van der Waals surface area contributed by atoms with E-state index in [1.165, 1.54) is 18.9 Å². The number of rotatable bonds is 10. The first kappa shape index (κ1) is 27.0. The second kappa shape index (κ2) is 13.0. The molecular formula is C30H30N2O5S. The molecule has 1 saturated heterocycles. The highest BCUT2D eigenvalue weighted by Gasteiger charge is 2.33. The third-order valence-corrected chi connectivity index (χ3v) is 6.76. The number of hydrogen-bond donors (Lipinski definition) is 0. The minimum absolute atomic E-state index is 0.0987. The Balaban J connectivity index is 1.58. The van der Waals surface area contributed by atoms with Crippen LogP contribution in [0.15, 0.2) is 82.7 Å². The third kappa shape index (κ3) is 7.04. The first-order chi connectivity index (χ1) is 18.5. The summed E-state index contributed by atoms with van der Waals surface area (Å²) in [6.07, 6.45) is 2.53. The molecule has 1 heterocycles. The molecule has 0 unspecified atom stereocenters. The Labute approximate surface area is 227 Å². The summed E-state index contributed by atoms with van der Waals surface area (Å²) in [5.41, 5.74) is 3.86. The molecule has 0 aromatic heterocycles. The topological polar surface area (TPSA) is 77.4 Å². The second-order valence-corrected chi connectivity index (χ2v) is 9.55. The van der Waals surface area contributed by atoms with E-state index in [0.717, 1.165) is 22.4 Å². The van der Waals surface area contributed by atoms with Crippen LogP contribution in [0.5, 0.6) is 11.5 Å². The van der Waals surface area contributed by atoms with Crippen LogP contribution >= 0.6 is 11.8 Å². The number of nitrogens with zero attached hydrogens (tertiary/aromatic N) is 2. The number of thioether (sulfide) groups is 1. The van der Waals surface area contributed by atoms with Crippen LogP contribution < -0.4 is 9.47 Å². The van der Waals surface area contributed by atoms with Crippen molar-refractivity contribution in [1.82, 2.24) is 4.90 Å². The summed E-state index contributed by atoms with van der Waals surface area (Å²) in [6.45, 7) is 4.35. The molecule has 0 saturated carbocycles. The van der Waals surface area contributed by atoms with Crippen molar-refractivity contribution in [3.63, 3.8) is 0 Å². The number of esters is 1. The van der Waals surface area contributed by atoms with Crippen molar-refractivity contribution < 1.29 is 23.8 Å². The number of amidine groups is 1. The first-order valence-electron chi connectivity index (χ1n) is 12.3. The van der Waals surface area contributed by atoms with Crippen LogP contribution in [0, 0.1) is 6.92 Å². The van der Waals surface area contributed by atoms with E-state index in [9.17, 15) is 9.59 Å². The minimum Gasteiger partial charge on any atom is -0.493 e. The molecule has 0 bridgehead atoms. The SMILES string of the molecule is CCOC(=O)COc1ccc(/C=C2/SC(=Nc3ccc(C)cc3)N(CCc3ccccc3)C2=O)cc1OC. The minimum atomic E-state index is -0.454. The summed E-state index contributed by atoms with van der Waals surface area (Å²) in [5, 5.41) is 0.641. The van der Waals surface area contributed by atoms with Crippen molar-refractivity contribution in [3.8, 4) is 11.5 Å². The highest BCUT2D eigenvalue weighted by molar-refractivity contribution is 8.18. The normalized spacial score (nSPS) is 15.2. The van der Waals surface area contributed by atoms with Crippen molar-refractivity contribution in [2.45, 2.75) is 20.3 Å². The molecule has 0 N–H and O–H groups in total. The Kier molecular flexibility index (Phi) is 9.21. The van der Waals surface area contributed by atoms with E-state index in [1.807, 2.05) is 61.5 Å². The number of ether oxygens (including phenoxy) is 3. The molecule has 0 atom stereocenters. The zero-order valence-electron chi connectivity index (χ0n) is 21.7. The molecule has 7 nitrogen and oxygen atoms in total. The monoisotopic (exact) mass is 530 g/mol. The Morgan fingerprint density at radius 2 is 1.79 bits per heavy atom. The van der Waals surface area contributed by atoms with Crippen LogP contribution in [0.3, 0.4) is 0 Å². The molecule has 3 aromatic rings. The van der Waals surface area contributed by atoms with Crippen molar-refractivity contribution in [2.75, 3.05) is 26.9 Å². The van der Waals surface area contributed by atoms with Gasteiger partial charge in [-0.1, -0.05) is 54.1 Å². The molecule has 1 aliphatic heterocycles. The highest BCUT2D eigenvalue weighted by Crippen LogP contribution is 2.36. The molecule has 0 spiro atoms. The number of aliphatic imine (C=N–C) groups is 1. The molecule has 8 heteroatoms. The van der Waals surface area contributed by atoms with Crippen LogP contribution in [-0.2, 0) is 20.7 Å². The van der Waals surface area contributed by atoms with E-state index in [0.29, 0.717) is 34.5 Å². The Morgan fingerprint density at radius 1 is 1.03 bits per heavy atom. The van der Waals surface area contributed by atoms with Gasteiger partial charge in [-0.25, -0.2) is 9.79 Å². The van der Waals surface area contributed by atoms with Crippen LogP contribution in [0.1, 0.15) is 23.6 Å². The van der Waals surface area contributed by atoms with Gasteiger partial charge in [0.1, 0.15) is 0 Å². The van der Waals surface area contributed by atoms with E-state index < -0.39 is 5.97 Å². The largest absolute Gasteiger partial charge is 0.493 e. The quantitative estimate of drug-likeness (QED) is 0.244. The lowest BCUT2D eigenvalue weighted by Gasteiger charge is -2.15. The molecule has 1 fully saturated rings.